The summed E-state index contributed by atoms with van der Waals surface area (Å²) in [6.45, 7) is 2.01. The molecule has 1 aliphatic carbocycles. The summed E-state index contributed by atoms with van der Waals surface area (Å²) in [5.74, 6) is -1.20. The molecule has 112 valence electrons. The zero-order valence-electron chi connectivity index (χ0n) is 11.6. The molecule has 0 saturated heterocycles. The van der Waals surface area contributed by atoms with Gasteiger partial charge in [-0.3, -0.25) is 0 Å². The summed E-state index contributed by atoms with van der Waals surface area (Å²) in [6.07, 6.45) is -1.53. The molecule has 0 aliphatic heterocycles. The smallest absolute Gasteiger partial charge is 0.171 e. The Hall–Kier alpha value is -0.700. The largest absolute Gasteiger partial charge is 0.391 e. The number of hydrogen-bond acceptors (Lipinski definition) is 0. The van der Waals surface area contributed by atoms with E-state index in [0.29, 0.717) is 12.8 Å². The molecule has 1 aromatic carbocycles. The van der Waals surface area contributed by atoms with E-state index < -0.39 is 12.1 Å². The number of halogens is 4. The van der Waals surface area contributed by atoms with Crippen LogP contribution in [0.5, 0.6) is 0 Å². The van der Waals surface area contributed by atoms with E-state index in [1.165, 1.54) is 0 Å². The lowest BCUT2D eigenvalue weighted by Crippen LogP contribution is -2.32. The van der Waals surface area contributed by atoms with E-state index >= 15 is 0 Å². The molecule has 1 aliphatic rings. The van der Waals surface area contributed by atoms with E-state index in [9.17, 15) is 13.2 Å². The van der Waals surface area contributed by atoms with E-state index in [1.54, 1.807) is 0 Å². The Kier molecular flexibility index (Phi) is 5.00. The number of aryl methyl sites for hydroxylation is 1. The molecule has 0 radical (unpaired) electrons. The maximum absolute atomic E-state index is 12.8. The molecule has 1 aromatic rings. The average molecular weight is 305 g/mol. The molecule has 2 rings (SSSR count). The van der Waals surface area contributed by atoms with Gasteiger partial charge in [-0.05, 0) is 44.1 Å². The first-order valence-corrected chi connectivity index (χ1v) is 7.56. The predicted molar refractivity (Wildman–Crippen MR) is 76.0 cm³/mol. The van der Waals surface area contributed by atoms with E-state index in [2.05, 4.69) is 6.07 Å². The van der Waals surface area contributed by atoms with Crippen molar-refractivity contribution < 1.29 is 13.2 Å². The molecule has 0 spiro atoms. The Bertz CT molecular complexity index is 442. The van der Waals surface area contributed by atoms with Gasteiger partial charge in [-0.1, -0.05) is 36.2 Å². The molecule has 0 nitrogen and oxygen atoms in total. The van der Waals surface area contributed by atoms with Gasteiger partial charge in [0.05, 0.1) is 5.92 Å². The molecule has 0 heterocycles. The highest BCUT2D eigenvalue weighted by atomic mass is 35.5. The lowest BCUT2D eigenvalue weighted by Gasteiger charge is -2.33. The average Bonchev–Trinajstić information content (AvgIpc) is 2.38. The Morgan fingerprint density at radius 2 is 2.05 bits per heavy atom. The normalized spacial score (nSPS) is 25.4. The summed E-state index contributed by atoms with van der Waals surface area (Å²) in [5, 5.41) is -0.207. The van der Waals surface area contributed by atoms with Gasteiger partial charge in [-0.2, -0.15) is 13.2 Å². The van der Waals surface area contributed by atoms with Crippen LogP contribution in [0, 0.1) is 18.8 Å². The minimum Gasteiger partial charge on any atom is -0.171 e. The summed E-state index contributed by atoms with van der Waals surface area (Å²) in [5.41, 5.74) is 2.27. The van der Waals surface area contributed by atoms with Crippen molar-refractivity contribution in [2.24, 2.45) is 11.8 Å². The number of alkyl halides is 4. The molecule has 1 fully saturated rings. The zero-order chi connectivity index (χ0) is 14.8. The maximum Gasteiger partial charge on any atom is 0.391 e. The van der Waals surface area contributed by atoms with Gasteiger partial charge in [0.25, 0.3) is 0 Å². The lowest BCUT2D eigenvalue weighted by molar-refractivity contribution is -0.185. The molecule has 4 heteroatoms. The van der Waals surface area contributed by atoms with Crippen molar-refractivity contribution in [2.45, 2.75) is 50.6 Å². The van der Waals surface area contributed by atoms with Crippen LogP contribution < -0.4 is 0 Å². The Morgan fingerprint density at radius 1 is 1.30 bits per heavy atom. The molecule has 3 unspecified atom stereocenters. The van der Waals surface area contributed by atoms with Crippen LogP contribution >= 0.6 is 11.6 Å². The van der Waals surface area contributed by atoms with Crippen LogP contribution in [0.1, 0.15) is 36.8 Å². The van der Waals surface area contributed by atoms with Crippen LogP contribution in [0.4, 0.5) is 13.2 Å². The van der Waals surface area contributed by atoms with Crippen molar-refractivity contribution in [2.75, 3.05) is 0 Å². The highest BCUT2D eigenvalue weighted by molar-refractivity contribution is 6.20. The first kappa shape index (κ1) is 15.7. The summed E-state index contributed by atoms with van der Waals surface area (Å²) in [7, 11) is 0. The zero-order valence-corrected chi connectivity index (χ0v) is 12.3. The van der Waals surface area contributed by atoms with Gasteiger partial charge in [0.15, 0.2) is 0 Å². The third-order valence-electron chi connectivity index (χ3n) is 4.20. The summed E-state index contributed by atoms with van der Waals surface area (Å²) in [6, 6.07) is 8.02. The molecule has 0 aromatic heterocycles. The van der Waals surface area contributed by atoms with Crippen molar-refractivity contribution in [3.8, 4) is 0 Å². The fourth-order valence-corrected chi connectivity index (χ4v) is 3.49. The molecule has 3 atom stereocenters. The number of hydrogen-bond donors (Lipinski definition) is 0. The van der Waals surface area contributed by atoms with Gasteiger partial charge in [-0.25, -0.2) is 0 Å². The summed E-state index contributed by atoms with van der Waals surface area (Å²) < 4.78 is 38.4. The topological polar surface area (TPSA) is 0 Å². The molecular weight excluding hydrogens is 285 g/mol. The summed E-state index contributed by atoms with van der Waals surface area (Å²) >= 11 is 6.39. The third-order valence-corrected chi connectivity index (χ3v) is 4.71. The molecule has 0 N–H and O–H groups in total. The van der Waals surface area contributed by atoms with Crippen molar-refractivity contribution in [3.05, 3.63) is 35.4 Å². The Balaban J connectivity index is 1.97. The van der Waals surface area contributed by atoms with Crippen LogP contribution in [0.2, 0.25) is 0 Å². The Labute approximate surface area is 123 Å². The second-order valence-electron chi connectivity index (χ2n) is 5.87. The Morgan fingerprint density at radius 3 is 2.70 bits per heavy atom. The van der Waals surface area contributed by atoms with Gasteiger partial charge in [-0.15, -0.1) is 11.6 Å². The SMILES string of the molecule is Cc1cccc(CC(Cl)C2CCCC(C(F)(F)F)C2)c1. The van der Waals surface area contributed by atoms with Gasteiger partial charge in [0, 0.05) is 5.38 Å². The van der Waals surface area contributed by atoms with Crippen LogP contribution in [-0.2, 0) is 6.42 Å². The van der Waals surface area contributed by atoms with Crippen LogP contribution in [0.3, 0.4) is 0 Å². The van der Waals surface area contributed by atoms with E-state index in [1.807, 2.05) is 25.1 Å². The highest BCUT2D eigenvalue weighted by Gasteiger charge is 2.43. The predicted octanol–water partition coefficient (Wildman–Crippen LogP) is 5.51. The summed E-state index contributed by atoms with van der Waals surface area (Å²) in [4.78, 5) is 0. The first-order valence-electron chi connectivity index (χ1n) is 7.12. The second kappa shape index (κ2) is 6.38. The van der Waals surface area contributed by atoms with Gasteiger partial charge < -0.3 is 0 Å². The van der Waals surface area contributed by atoms with Crippen molar-refractivity contribution >= 4 is 11.6 Å². The fraction of sp³-hybridized carbons (Fsp3) is 0.625. The second-order valence-corrected chi connectivity index (χ2v) is 6.43. The molecular formula is C16H20ClF3. The molecule has 0 amide bonds. The minimum absolute atomic E-state index is 0.0300. The van der Waals surface area contributed by atoms with Crippen molar-refractivity contribution in [1.29, 1.82) is 0 Å². The lowest BCUT2D eigenvalue weighted by atomic mass is 9.78. The number of benzene rings is 1. The number of rotatable bonds is 3. The van der Waals surface area contributed by atoms with Crippen LogP contribution in [-0.4, -0.2) is 11.6 Å². The fourth-order valence-electron chi connectivity index (χ4n) is 3.08. The third kappa shape index (κ3) is 4.15. The molecule has 1 saturated carbocycles. The maximum atomic E-state index is 12.8. The van der Waals surface area contributed by atoms with Crippen molar-refractivity contribution in [3.63, 3.8) is 0 Å². The van der Waals surface area contributed by atoms with E-state index in [4.69, 9.17) is 11.6 Å². The first-order chi connectivity index (χ1) is 9.36. The van der Waals surface area contributed by atoms with E-state index in [0.717, 1.165) is 17.5 Å². The molecule has 0 bridgehead atoms. The van der Waals surface area contributed by atoms with Crippen LogP contribution in [0.15, 0.2) is 24.3 Å². The highest BCUT2D eigenvalue weighted by Crippen LogP contribution is 2.42. The van der Waals surface area contributed by atoms with E-state index in [-0.39, 0.29) is 24.1 Å². The quantitative estimate of drug-likeness (QED) is 0.646. The van der Waals surface area contributed by atoms with Gasteiger partial charge >= 0.3 is 6.18 Å². The van der Waals surface area contributed by atoms with Gasteiger partial charge in [0.1, 0.15) is 0 Å². The minimum atomic E-state index is -4.07. The monoisotopic (exact) mass is 304 g/mol. The standard InChI is InChI=1S/C16H20ClF3/c1-11-4-2-5-12(8-11)9-15(17)13-6-3-7-14(10-13)16(18,19)20/h2,4-5,8,13-15H,3,6-7,9-10H2,1H3. The van der Waals surface area contributed by atoms with Gasteiger partial charge in [0.2, 0.25) is 0 Å². The van der Waals surface area contributed by atoms with Crippen LogP contribution in [0.25, 0.3) is 0 Å². The van der Waals surface area contributed by atoms with Crippen molar-refractivity contribution in [1.82, 2.24) is 0 Å². The molecule has 20 heavy (non-hydrogen) atoms.